The van der Waals surface area contributed by atoms with Crippen LogP contribution in [0.25, 0.3) is 0 Å². The average molecular weight is 411 g/mol. The summed E-state index contributed by atoms with van der Waals surface area (Å²) in [5, 5.41) is 14.7. The van der Waals surface area contributed by atoms with E-state index in [1.165, 1.54) is 0 Å². The van der Waals surface area contributed by atoms with Crippen molar-refractivity contribution in [2.45, 2.75) is 18.4 Å². The second kappa shape index (κ2) is 8.68. The molecule has 0 aliphatic carbocycles. The Kier molecular flexibility index (Phi) is 6.86. The van der Waals surface area contributed by atoms with Crippen LogP contribution in [0.2, 0.25) is 10.0 Å². The Balaban J connectivity index is 0.000000511. The molecule has 1 aromatic heterocycles. The molecule has 0 amide bonds. The molecule has 1 fully saturated rings. The maximum absolute atomic E-state index is 8.36. The number of hydrogen-bond acceptors (Lipinski definition) is 5. The summed E-state index contributed by atoms with van der Waals surface area (Å²) >= 11 is 18.2. The monoisotopic (exact) mass is 409 g/mol. The van der Waals surface area contributed by atoms with Crippen molar-refractivity contribution < 1.29 is 19.8 Å². The topological polar surface area (TPSA) is 99.7 Å². The predicted molar refractivity (Wildman–Crippen MR) is 90.7 cm³/mol. The largest absolute Gasteiger partial charge is 0.342 e. The maximum atomic E-state index is 8.36. The molecule has 3 rings (SSSR count). The molecule has 25 heavy (non-hydrogen) atoms. The molecule has 1 N–H and O–H groups in total. The molecule has 0 radical (unpaired) electrons. The molecule has 0 spiro atoms. The summed E-state index contributed by atoms with van der Waals surface area (Å²) < 4.78 is 13.9. The first-order valence-electron chi connectivity index (χ1n) is 6.98. The number of alkyl halides is 1. The minimum Gasteiger partial charge on any atom is -0.342 e. The van der Waals surface area contributed by atoms with Gasteiger partial charge in [0.15, 0.2) is 0 Å². The lowest BCUT2D eigenvalue weighted by Crippen LogP contribution is -2.34. The van der Waals surface area contributed by atoms with Gasteiger partial charge in [-0.2, -0.15) is 0 Å². The first-order chi connectivity index (χ1) is 11.9. The van der Waals surface area contributed by atoms with Crippen LogP contribution in [0.3, 0.4) is 0 Å². The Morgan fingerprint density at radius 1 is 1.48 bits per heavy atom. The normalized spacial score (nSPS) is 22.3. The van der Waals surface area contributed by atoms with Crippen LogP contribution in [-0.2, 0) is 21.8 Å². The zero-order chi connectivity index (χ0) is 18.4. The Morgan fingerprint density at radius 3 is 2.72 bits per heavy atom. The van der Waals surface area contributed by atoms with E-state index in [0.717, 1.165) is 5.56 Å². The summed E-state index contributed by atoms with van der Waals surface area (Å²) in [6.07, 6.45) is 5.06. The number of aromatic nitrogens is 2. The quantitative estimate of drug-likeness (QED) is 0.471. The zero-order valence-electron chi connectivity index (χ0n) is 12.7. The van der Waals surface area contributed by atoms with Gasteiger partial charge in [-0.05, 0) is 12.1 Å². The van der Waals surface area contributed by atoms with E-state index < -0.39 is 10.9 Å². The molecule has 2 atom stereocenters. The Morgan fingerprint density at radius 2 is 2.20 bits per heavy atom. The highest BCUT2D eigenvalue weighted by Crippen LogP contribution is 2.40. The van der Waals surface area contributed by atoms with Gasteiger partial charge in [-0.1, -0.05) is 29.3 Å². The summed E-state index contributed by atoms with van der Waals surface area (Å²) in [4.78, 5) is 12.4. The predicted octanol–water partition coefficient (Wildman–Crippen LogP) is 3.35. The molecule has 1 aliphatic rings. The van der Waals surface area contributed by atoms with Crippen LogP contribution >= 0.6 is 34.8 Å². The first kappa shape index (κ1) is 19.7. The zero-order valence-corrected chi connectivity index (χ0v) is 15.0. The van der Waals surface area contributed by atoms with Crippen molar-refractivity contribution in [2.24, 2.45) is 0 Å². The van der Waals surface area contributed by atoms with Crippen molar-refractivity contribution in [1.82, 2.24) is 9.55 Å². The average Bonchev–Trinajstić information content (AvgIpc) is 3.17. The number of halogens is 3. The van der Waals surface area contributed by atoms with E-state index in [4.69, 9.17) is 59.6 Å². The first-order valence-corrected chi connectivity index (χ1v) is 8.27. The molecular formula is C14H14Cl3N3O5. The molecule has 136 valence electrons. The van der Waals surface area contributed by atoms with Gasteiger partial charge in [-0.3, -0.25) is 0 Å². The van der Waals surface area contributed by atoms with Crippen LogP contribution in [0.15, 0.2) is 36.9 Å². The van der Waals surface area contributed by atoms with Crippen LogP contribution in [-0.4, -0.2) is 38.4 Å². The second-order valence-corrected chi connectivity index (χ2v) is 6.21. The number of hydrogen-bond donors (Lipinski definition) is 1. The van der Waals surface area contributed by atoms with Crippen molar-refractivity contribution in [3.8, 4) is 0 Å². The standard InChI is InChI=1S/C14H13Cl3N2O2.HNO3/c15-6-11-7-20-14(21-11,8-19-4-3-18-9-19)12-2-1-10(16)5-13(12)17;2-1(3)4/h1-5,9,11H,6-8H2;(H,2,3,4). The third-order valence-electron chi connectivity index (χ3n) is 3.32. The minimum absolute atomic E-state index is 0.179. The number of imidazole rings is 1. The molecule has 1 aromatic carbocycles. The lowest BCUT2D eigenvalue weighted by molar-refractivity contribution is -0.742. The number of benzene rings is 1. The van der Waals surface area contributed by atoms with Crippen LogP contribution in [0.4, 0.5) is 0 Å². The molecule has 1 aliphatic heterocycles. The van der Waals surface area contributed by atoms with E-state index in [1.807, 2.05) is 16.8 Å². The fraction of sp³-hybridized carbons (Fsp3) is 0.357. The van der Waals surface area contributed by atoms with Gasteiger partial charge in [0.25, 0.3) is 5.09 Å². The number of ether oxygens (including phenoxy) is 2. The fourth-order valence-corrected chi connectivity index (χ4v) is 3.07. The van der Waals surface area contributed by atoms with Gasteiger partial charge >= 0.3 is 0 Å². The van der Waals surface area contributed by atoms with Crippen molar-refractivity contribution in [3.05, 3.63) is 62.6 Å². The van der Waals surface area contributed by atoms with Gasteiger partial charge in [-0.15, -0.1) is 21.7 Å². The smallest absolute Gasteiger partial charge is 0.291 e. The summed E-state index contributed by atoms with van der Waals surface area (Å²) in [5.74, 6) is -0.626. The molecule has 0 saturated carbocycles. The second-order valence-electron chi connectivity index (χ2n) is 5.06. The third-order valence-corrected chi connectivity index (χ3v) is 4.21. The van der Waals surface area contributed by atoms with Crippen LogP contribution in [0.5, 0.6) is 0 Å². The number of rotatable bonds is 4. The highest BCUT2D eigenvalue weighted by molar-refractivity contribution is 6.35. The molecule has 1 saturated heterocycles. The van der Waals surface area contributed by atoms with E-state index in [2.05, 4.69) is 4.98 Å². The van der Waals surface area contributed by atoms with E-state index in [-0.39, 0.29) is 6.10 Å². The van der Waals surface area contributed by atoms with Crippen molar-refractivity contribution >= 4 is 34.8 Å². The van der Waals surface area contributed by atoms with E-state index in [1.54, 1.807) is 24.7 Å². The van der Waals surface area contributed by atoms with Crippen LogP contribution in [0, 0.1) is 10.1 Å². The van der Waals surface area contributed by atoms with E-state index in [9.17, 15) is 0 Å². The van der Waals surface area contributed by atoms with Crippen LogP contribution < -0.4 is 0 Å². The molecule has 8 nitrogen and oxygen atoms in total. The Labute approximate surface area is 157 Å². The molecule has 0 bridgehead atoms. The van der Waals surface area contributed by atoms with Crippen molar-refractivity contribution in [3.63, 3.8) is 0 Å². The Hall–Kier alpha value is -1.58. The van der Waals surface area contributed by atoms with Gasteiger partial charge < -0.3 is 19.2 Å². The minimum atomic E-state index is -1.50. The third kappa shape index (κ3) is 5.20. The van der Waals surface area contributed by atoms with Gasteiger partial charge in [-0.25, -0.2) is 4.98 Å². The molecule has 2 unspecified atom stereocenters. The molecule has 2 heterocycles. The summed E-state index contributed by atoms with van der Waals surface area (Å²) in [6, 6.07) is 5.26. The van der Waals surface area contributed by atoms with Crippen molar-refractivity contribution in [1.29, 1.82) is 0 Å². The SMILES string of the molecule is ClCC1COC(Cn2ccnc2)(c2ccc(Cl)cc2Cl)O1.O=[N+]([O-])O. The lowest BCUT2D eigenvalue weighted by atomic mass is 10.1. The van der Waals surface area contributed by atoms with E-state index in [0.29, 0.717) is 29.1 Å². The summed E-state index contributed by atoms with van der Waals surface area (Å²) in [7, 11) is 0. The van der Waals surface area contributed by atoms with Gasteiger partial charge in [0.05, 0.1) is 36.5 Å². The highest BCUT2D eigenvalue weighted by atomic mass is 35.5. The fourth-order valence-electron chi connectivity index (χ4n) is 2.37. The number of nitrogens with zero attached hydrogens (tertiary/aromatic N) is 3. The maximum Gasteiger partial charge on any atom is 0.291 e. The van der Waals surface area contributed by atoms with Gasteiger partial charge in [0, 0.05) is 23.0 Å². The van der Waals surface area contributed by atoms with Gasteiger partial charge in [0.2, 0.25) is 5.79 Å². The molecular weight excluding hydrogens is 397 g/mol. The summed E-state index contributed by atoms with van der Waals surface area (Å²) in [5.41, 5.74) is 0.731. The van der Waals surface area contributed by atoms with E-state index >= 15 is 0 Å². The summed E-state index contributed by atoms with van der Waals surface area (Å²) in [6.45, 7) is 0.846. The lowest BCUT2D eigenvalue weighted by Gasteiger charge is -2.29. The Bertz CT molecular complexity index is 712. The van der Waals surface area contributed by atoms with Crippen LogP contribution in [0.1, 0.15) is 5.56 Å². The van der Waals surface area contributed by atoms with Gasteiger partial charge in [0.1, 0.15) is 0 Å². The van der Waals surface area contributed by atoms with Crippen molar-refractivity contribution in [2.75, 3.05) is 12.5 Å². The highest BCUT2D eigenvalue weighted by Gasteiger charge is 2.44. The molecule has 11 heteroatoms. The molecule has 2 aromatic rings.